The largest absolute Gasteiger partial charge is 0.489 e. The molecule has 0 atom stereocenters. The Kier molecular flexibility index (Phi) is 4.79. The maximum absolute atomic E-state index is 10.9. The summed E-state index contributed by atoms with van der Waals surface area (Å²) in [5.41, 5.74) is 2.40. The third-order valence-corrected chi connectivity index (χ3v) is 3.74. The van der Waals surface area contributed by atoms with Crippen molar-refractivity contribution in [1.82, 2.24) is 0 Å². The van der Waals surface area contributed by atoms with E-state index >= 15 is 0 Å². The minimum Gasteiger partial charge on any atom is -0.489 e. The van der Waals surface area contributed by atoms with Gasteiger partial charge in [0, 0.05) is 10.0 Å². The Morgan fingerprint density at radius 3 is 2.70 bits per heavy atom. The van der Waals surface area contributed by atoms with E-state index in [-0.39, 0.29) is 5.56 Å². The number of hydrogen-bond acceptors (Lipinski definition) is 2. The summed E-state index contributed by atoms with van der Waals surface area (Å²) in [5, 5.41) is 8.91. The van der Waals surface area contributed by atoms with Crippen molar-refractivity contribution >= 4 is 21.9 Å². The van der Waals surface area contributed by atoms with Gasteiger partial charge in [-0.2, -0.15) is 0 Å². The zero-order valence-electron chi connectivity index (χ0n) is 11.1. The molecule has 4 heteroatoms. The van der Waals surface area contributed by atoms with E-state index in [0.717, 1.165) is 22.2 Å². The van der Waals surface area contributed by atoms with Crippen LogP contribution in [-0.2, 0) is 13.0 Å². The van der Waals surface area contributed by atoms with Crippen LogP contribution < -0.4 is 4.74 Å². The standard InChI is InChI=1S/C16H15BrO3/c1-2-11-4-3-5-14(8-11)20-10-13-7-6-12(16(18)19)9-15(13)17/h3-9H,2,10H2,1H3,(H,18,19). The van der Waals surface area contributed by atoms with E-state index in [1.165, 1.54) is 5.56 Å². The molecule has 2 rings (SSSR count). The number of carboxylic acid groups (broad SMARTS) is 1. The van der Waals surface area contributed by atoms with Crippen molar-refractivity contribution < 1.29 is 14.6 Å². The summed E-state index contributed by atoms with van der Waals surface area (Å²) in [6.07, 6.45) is 0.966. The van der Waals surface area contributed by atoms with Gasteiger partial charge in [-0.15, -0.1) is 0 Å². The second-order valence-corrected chi connectivity index (χ2v) is 5.26. The van der Waals surface area contributed by atoms with Crippen LogP contribution in [0.2, 0.25) is 0 Å². The zero-order chi connectivity index (χ0) is 14.5. The summed E-state index contributed by atoms with van der Waals surface area (Å²) in [4.78, 5) is 10.9. The van der Waals surface area contributed by atoms with Gasteiger partial charge in [-0.25, -0.2) is 4.79 Å². The summed E-state index contributed by atoms with van der Waals surface area (Å²) in [6.45, 7) is 2.49. The van der Waals surface area contributed by atoms with Gasteiger partial charge in [-0.1, -0.05) is 41.1 Å². The maximum Gasteiger partial charge on any atom is 0.335 e. The minimum atomic E-state index is -0.936. The third kappa shape index (κ3) is 3.61. The molecular formula is C16H15BrO3. The van der Waals surface area contributed by atoms with Crippen molar-refractivity contribution in [2.75, 3.05) is 0 Å². The highest BCUT2D eigenvalue weighted by atomic mass is 79.9. The van der Waals surface area contributed by atoms with E-state index in [4.69, 9.17) is 9.84 Å². The van der Waals surface area contributed by atoms with E-state index in [1.54, 1.807) is 18.2 Å². The number of hydrogen-bond donors (Lipinski definition) is 1. The first-order valence-corrected chi connectivity index (χ1v) is 7.13. The van der Waals surface area contributed by atoms with E-state index in [1.807, 2.05) is 18.2 Å². The number of carbonyl (C=O) groups is 1. The number of benzene rings is 2. The molecule has 3 nitrogen and oxygen atoms in total. The monoisotopic (exact) mass is 334 g/mol. The first kappa shape index (κ1) is 14.6. The van der Waals surface area contributed by atoms with Crippen molar-refractivity contribution in [3.8, 4) is 5.75 Å². The van der Waals surface area contributed by atoms with Crippen LogP contribution in [0.1, 0.15) is 28.4 Å². The van der Waals surface area contributed by atoms with Crippen LogP contribution in [0.25, 0.3) is 0 Å². The first-order chi connectivity index (χ1) is 9.60. The van der Waals surface area contributed by atoms with E-state index < -0.39 is 5.97 Å². The molecule has 1 N–H and O–H groups in total. The highest BCUT2D eigenvalue weighted by molar-refractivity contribution is 9.10. The highest BCUT2D eigenvalue weighted by Crippen LogP contribution is 2.21. The number of carboxylic acids is 1. The van der Waals surface area contributed by atoms with Crippen LogP contribution in [0, 0.1) is 0 Å². The molecule has 0 saturated carbocycles. The van der Waals surface area contributed by atoms with E-state index in [9.17, 15) is 4.79 Å². The van der Waals surface area contributed by atoms with E-state index in [2.05, 4.69) is 28.9 Å². The quantitative estimate of drug-likeness (QED) is 0.887. The van der Waals surface area contributed by atoms with Crippen molar-refractivity contribution in [2.45, 2.75) is 20.0 Å². The molecule has 0 aliphatic heterocycles. The predicted molar refractivity (Wildman–Crippen MR) is 81.3 cm³/mol. The molecular weight excluding hydrogens is 320 g/mol. The van der Waals surface area contributed by atoms with Gasteiger partial charge in [0.2, 0.25) is 0 Å². The summed E-state index contributed by atoms with van der Waals surface area (Å²) >= 11 is 3.37. The predicted octanol–water partition coefficient (Wildman–Crippen LogP) is 4.29. The molecule has 2 aromatic carbocycles. The van der Waals surface area contributed by atoms with Gasteiger partial charge in [0.1, 0.15) is 12.4 Å². The summed E-state index contributed by atoms with van der Waals surface area (Å²) < 4.78 is 6.48. The molecule has 0 heterocycles. The highest BCUT2D eigenvalue weighted by Gasteiger charge is 2.07. The van der Waals surface area contributed by atoms with E-state index in [0.29, 0.717) is 6.61 Å². The van der Waals surface area contributed by atoms with Crippen molar-refractivity contribution in [3.05, 3.63) is 63.6 Å². The molecule has 0 aliphatic carbocycles. The summed E-state index contributed by atoms with van der Waals surface area (Å²) in [6, 6.07) is 12.9. The van der Waals surface area contributed by atoms with Gasteiger partial charge < -0.3 is 9.84 Å². The van der Waals surface area contributed by atoms with Crippen LogP contribution in [0.15, 0.2) is 46.9 Å². The normalized spacial score (nSPS) is 10.3. The van der Waals surface area contributed by atoms with Crippen molar-refractivity contribution in [3.63, 3.8) is 0 Å². The molecule has 0 bridgehead atoms. The summed E-state index contributed by atoms with van der Waals surface area (Å²) in [5.74, 6) is -0.118. The molecule has 0 unspecified atom stereocenters. The van der Waals surface area contributed by atoms with Gasteiger partial charge in [0.25, 0.3) is 0 Å². The first-order valence-electron chi connectivity index (χ1n) is 6.33. The second-order valence-electron chi connectivity index (χ2n) is 4.40. The minimum absolute atomic E-state index is 0.258. The van der Waals surface area contributed by atoms with Crippen LogP contribution in [-0.4, -0.2) is 11.1 Å². The molecule has 0 fully saturated rings. The molecule has 0 saturated heterocycles. The number of aryl methyl sites for hydroxylation is 1. The Morgan fingerprint density at radius 2 is 2.05 bits per heavy atom. The number of rotatable bonds is 5. The topological polar surface area (TPSA) is 46.5 Å². The molecule has 0 spiro atoms. The third-order valence-electron chi connectivity index (χ3n) is 3.00. The average molecular weight is 335 g/mol. The fourth-order valence-electron chi connectivity index (χ4n) is 1.81. The van der Waals surface area contributed by atoms with Gasteiger partial charge >= 0.3 is 5.97 Å². The lowest BCUT2D eigenvalue weighted by Crippen LogP contribution is -2.00. The van der Waals surface area contributed by atoms with Crippen LogP contribution in [0.5, 0.6) is 5.75 Å². The fourth-order valence-corrected chi connectivity index (χ4v) is 2.31. The lowest BCUT2D eigenvalue weighted by Gasteiger charge is -2.09. The molecule has 0 amide bonds. The van der Waals surface area contributed by atoms with Gasteiger partial charge in [0.05, 0.1) is 5.56 Å². The number of halogens is 1. The van der Waals surface area contributed by atoms with Crippen LogP contribution in [0.4, 0.5) is 0 Å². The Bertz CT molecular complexity index is 623. The number of ether oxygens (including phenoxy) is 1. The zero-order valence-corrected chi connectivity index (χ0v) is 12.7. The molecule has 104 valence electrons. The Balaban J connectivity index is 2.08. The van der Waals surface area contributed by atoms with Crippen LogP contribution >= 0.6 is 15.9 Å². The Hall–Kier alpha value is -1.81. The van der Waals surface area contributed by atoms with Gasteiger partial charge in [-0.05, 0) is 36.2 Å². The SMILES string of the molecule is CCc1cccc(OCc2ccc(C(=O)O)cc2Br)c1. The molecule has 2 aromatic rings. The Morgan fingerprint density at radius 1 is 1.25 bits per heavy atom. The average Bonchev–Trinajstić information content (AvgIpc) is 2.46. The number of aromatic carboxylic acids is 1. The second kappa shape index (κ2) is 6.57. The summed E-state index contributed by atoms with van der Waals surface area (Å²) in [7, 11) is 0. The van der Waals surface area contributed by atoms with Crippen molar-refractivity contribution in [2.24, 2.45) is 0 Å². The van der Waals surface area contributed by atoms with Gasteiger partial charge in [0.15, 0.2) is 0 Å². The molecule has 0 aliphatic rings. The van der Waals surface area contributed by atoms with Gasteiger partial charge in [-0.3, -0.25) is 0 Å². The Labute approximate surface area is 126 Å². The maximum atomic E-state index is 10.9. The smallest absolute Gasteiger partial charge is 0.335 e. The lowest BCUT2D eigenvalue weighted by molar-refractivity contribution is 0.0696. The molecule has 0 aromatic heterocycles. The van der Waals surface area contributed by atoms with Crippen molar-refractivity contribution in [1.29, 1.82) is 0 Å². The van der Waals surface area contributed by atoms with Crippen LogP contribution in [0.3, 0.4) is 0 Å². The lowest BCUT2D eigenvalue weighted by atomic mass is 10.1. The fraction of sp³-hybridized carbons (Fsp3) is 0.188. The molecule has 0 radical (unpaired) electrons. The molecule has 20 heavy (non-hydrogen) atoms.